The summed E-state index contributed by atoms with van der Waals surface area (Å²) in [6.07, 6.45) is 1.80. The van der Waals surface area contributed by atoms with Crippen molar-refractivity contribution in [2.45, 2.75) is 19.9 Å². The molecule has 34 heavy (non-hydrogen) atoms. The van der Waals surface area contributed by atoms with Crippen molar-refractivity contribution < 1.29 is 9.53 Å². The van der Waals surface area contributed by atoms with Crippen LogP contribution in [0, 0.1) is 6.92 Å². The average molecular weight is 464 g/mol. The van der Waals surface area contributed by atoms with Gasteiger partial charge in [0.25, 0.3) is 5.56 Å². The second kappa shape index (κ2) is 9.76. The lowest BCUT2D eigenvalue weighted by Gasteiger charge is -2.36. The molecule has 0 radical (unpaired) electrons. The predicted molar refractivity (Wildman–Crippen MR) is 129 cm³/mol. The number of rotatable bonds is 5. The lowest BCUT2D eigenvalue weighted by Crippen LogP contribution is -2.49. The zero-order chi connectivity index (χ0) is 23.5. The summed E-state index contributed by atoms with van der Waals surface area (Å²) in [5.74, 6) is 1.69. The number of aromatic nitrogens is 4. The third-order valence-electron chi connectivity index (χ3n) is 6.38. The summed E-state index contributed by atoms with van der Waals surface area (Å²) in [4.78, 5) is 45.5. The summed E-state index contributed by atoms with van der Waals surface area (Å²) in [5.41, 5.74) is 1.49. The van der Waals surface area contributed by atoms with Gasteiger partial charge in [0.15, 0.2) is 0 Å². The van der Waals surface area contributed by atoms with Gasteiger partial charge in [-0.25, -0.2) is 9.97 Å². The van der Waals surface area contributed by atoms with Gasteiger partial charge in [-0.3, -0.25) is 14.2 Å². The molecule has 2 aliphatic heterocycles. The molecule has 10 heteroatoms. The molecule has 0 unspecified atom stereocenters. The smallest absolute Gasteiger partial charge is 0.261 e. The third-order valence-corrected chi connectivity index (χ3v) is 6.38. The standard InChI is InChI=1S/C24H29N7O3/c1-18-16-21(27-24(26-18)30-12-14-34-15-13-30)28-8-10-29(11-9-28)22(32)6-7-31-17-25-20-5-3-2-4-19(20)23(31)33/h2-5,16-17H,6-15H2,1H3. The number of aryl methyl sites for hydroxylation is 2. The quantitative estimate of drug-likeness (QED) is 0.555. The normalized spacial score (nSPS) is 16.8. The Morgan fingerprint density at radius 1 is 1.00 bits per heavy atom. The van der Waals surface area contributed by atoms with Gasteiger partial charge in [-0.1, -0.05) is 12.1 Å². The molecule has 1 aromatic carbocycles. The number of hydrogen-bond acceptors (Lipinski definition) is 8. The molecule has 0 spiro atoms. The first-order valence-corrected chi connectivity index (χ1v) is 11.7. The van der Waals surface area contributed by atoms with Gasteiger partial charge in [0.05, 0.1) is 30.4 Å². The van der Waals surface area contributed by atoms with E-state index < -0.39 is 0 Å². The molecule has 178 valence electrons. The average Bonchev–Trinajstić information content (AvgIpc) is 2.88. The van der Waals surface area contributed by atoms with Crippen molar-refractivity contribution in [1.82, 2.24) is 24.4 Å². The number of para-hydroxylation sites is 1. The van der Waals surface area contributed by atoms with Crippen LogP contribution in [0.5, 0.6) is 0 Å². The SMILES string of the molecule is Cc1cc(N2CCN(C(=O)CCn3cnc4ccccc4c3=O)CC2)nc(N2CCOCC2)n1. The minimum atomic E-state index is -0.113. The maximum Gasteiger partial charge on any atom is 0.261 e. The van der Waals surface area contributed by atoms with Crippen molar-refractivity contribution in [3.05, 3.63) is 52.7 Å². The van der Waals surface area contributed by atoms with Gasteiger partial charge in [0.1, 0.15) is 5.82 Å². The third kappa shape index (κ3) is 4.72. The van der Waals surface area contributed by atoms with E-state index in [2.05, 4.69) is 19.8 Å². The van der Waals surface area contributed by atoms with Crippen molar-refractivity contribution in [3.8, 4) is 0 Å². The predicted octanol–water partition coefficient (Wildman–Crippen LogP) is 1.07. The van der Waals surface area contributed by atoms with E-state index in [9.17, 15) is 9.59 Å². The van der Waals surface area contributed by atoms with Crippen LogP contribution < -0.4 is 15.4 Å². The van der Waals surface area contributed by atoms with Gasteiger partial charge in [-0.05, 0) is 19.1 Å². The van der Waals surface area contributed by atoms with Crippen LogP contribution in [0.4, 0.5) is 11.8 Å². The molecule has 0 bridgehead atoms. The number of hydrogen-bond donors (Lipinski definition) is 0. The van der Waals surface area contributed by atoms with Crippen molar-refractivity contribution >= 4 is 28.6 Å². The summed E-state index contributed by atoms with van der Waals surface area (Å²) in [7, 11) is 0. The molecule has 4 heterocycles. The van der Waals surface area contributed by atoms with E-state index in [0.717, 1.165) is 30.5 Å². The summed E-state index contributed by atoms with van der Waals surface area (Å²) >= 11 is 0. The van der Waals surface area contributed by atoms with Crippen LogP contribution in [0.3, 0.4) is 0 Å². The molecule has 3 aromatic rings. The van der Waals surface area contributed by atoms with E-state index in [0.29, 0.717) is 56.8 Å². The van der Waals surface area contributed by atoms with E-state index in [-0.39, 0.29) is 17.9 Å². The summed E-state index contributed by atoms with van der Waals surface area (Å²) < 4.78 is 6.96. The first-order valence-electron chi connectivity index (χ1n) is 11.7. The van der Waals surface area contributed by atoms with Gasteiger partial charge < -0.3 is 19.4 Å². The number of ether oxygens (including phenoxy) is 1. The fourth-order valence-corrected chi connectivity index (χ4v) is 4.43. The van der Waals surface area contributed by atoms with Crippen molar-refractivity contribution in [3.63, 3.8) is 0 Å². The van der Waals surface area contributed by atoms with Crippen LogP contribution in [0.1, 0.15) is 12.1 Å². The van der Waals surface area contributed by atoms with Crippen LogP contribution in [0.25, 0.3) is 10.9 Å². The Hall–Kier alpha value is -3.53. The highest BCUT2D eigenvalue weighted by Gasteiger charge is 2.23. The van der Waals surface area contributed by atoms with E-state index in [4.69, 9.17) is 9.72 Å². The van der Waals surface area contributed by atoms with Gasteiger partial charge >= 0.3 is 0 Å². The molecule has 2 aromatic heterocycles. The number of carbonyl (C=O) groups excluding carboxylic acids is 1. The minimum Gasteiger partial charge on any atom is -0.378 e. The molecule has 0 aliphatic carbocycles. The van der Waals surface area contributed by atoms with E-state index >= 15 is 0 Å². The van der Waals surface area contributed by atoms with E-state index in [1.807, 2.05) is 36.1 Å². The summed E-state index contributed by atoms with van der Waals surface area (Å²) in [6.45, 7) is 7.94. The van der Waals surface area contributed by atoms with Gasteiger partial charge in [-0.15, -0.1) is 0 Å². The highest BCUT2D eigenvalue weighted by molar-refractivity contribution is 5.78. The Bertz CT molecular complexity index is 1230. The number of morpholine rings is 1. The molecule has 0 saturated carbocycles. The molecule has 5 rings (SSSR count). The van der Waals surface area contributed by atoms with Crippen LogP contribution in [0.2, 0.25) is 0 Å². The number of anilines is 2. The molecule has 2 saturated heterocycles. The lowest BCUT2D eigenvalue weighted by molar-refractivity contribution is -0.131. The topological polar surface area (TPSA) is 96.7 Å². The second-order valence-electron chi connectivity index (χ2n) is 8.65. The molecule has 1 amide bonds. The number of piperazine rings is 1. The summed E-state index contributed by atoms with van der Waals surface area (Å²) in [6, 6.07) is 9.26. The fourth-order valence-electron chi connectivity index (χ4n) is 4.43. The number of nitrogens with zero attached hydrogens (tertiary/aromatic N) is 7. The van der Waals surface area contributed by atoms with Crippen LogP contribution in [-0.2, 0) is 16.1 Å². The largest absolute Gasteiger partial charge is 0.378 e. The Morgan fingerprint density at radius 3 is 2.56 bits per heavy atom. The number of amides is 1. The Balaban J connectivity index is 1.18. The monoisotopic (exact) mass is 463 g/mol. The molecular weight excluding hydrogens is 434 g/mol. The molecule has 0 N–H and O–H groups in total. The molecular formula is C24H29N7O3. The lowest BCUT2D eigenvalue weighted by atomic mass is 10.2. The Labute approximate surface area is 197 Å². The first-order chi connectivity index (χ1) is 16.6. The molecule has 0 atom stereocenters. The number of fused-ring (bicyclic) bond motifs is 1. The van der Waals surface area contributed by atoms with Crippen LogP contribution in [-0.4, -0.2) is 82.8 Å². The van der Waals surface area contributed by atoms with E-state index in [1.54, 1.807) is 6.07 Å². The van der Waals surface area contributed by atoms with Gasteiger partial charge in [0, 0.05) is 64.0 Å². The number of carbonyl (C=O) groups is 1. The van der Waals surface area contributed by atoms with Gasteiger partial charge in [0.2, 0.25) is 11.9 Å². The molecule has 2 fully saturated rings. The minimum absolute atomic E-state index is 0.0487. The van der Waals surface area contributed by atoms with Gasteiger partial charge in [-0.2, -0.15) is 4.98 Å². The Morgan fingerprint density at radius 2 is 1.76 bits per heavy atom. The highest BCUT2D eigenvalue weighted by atomic mass is 16.5. The van der Waals surface area contributed by atoms with E-state index in [1.165, 1.54) is 10.9 Å². The number of benzene rings is 1. The highest BCUT2D eigenvalue weighted by Crippen LogP contribution is 2.20. The van der Waals surface area contributed by atoms with Crippen LogP contribution in [0.15, 0.2) is 41.5 Å². The van der Waals surface area contributed by atoms with Crippen LogP contribution >= 0.6 is 0 Å². The maximum atomic E-state index is 12.8. The molecule has 2 aliphatic rings. The van der Waals surface area contributed by atoms with Crippen molar-refractivity contribution in [2.24, 2.45) is 0 Å². The zero-order valence-electron chi connectivity index (χ0n) is 19.4. The van der Waals surface area contributed by atoms with Crippen molar-refractivity contribution in [2.75, 3.05) is 62.3 Å². The second-order valence-corrected chi connectivity index (χ2v) is 8.65. The fraction of sp³-hybridized carbons (Fsp3) is 0.458. The molecule has 10 nitrogen and oxygen atoms in total. The first kappa shape index (κ1) is 22.3. The van der Waals surface area contributed by atoms with Crippen molar-refractivity contribution in [1.29, 1.82) is 0 Å². The maximum absolute atomic E-state index is 12.8. The summed E-state index contributed by atoms with van der Waals surface area (Å²) in [5, 5.41) is 0.572. The zero-order valence-corrected chi connectivity index (χ0v) is 19.4. The Kier molecular flexibility index (Phi) is 6.39.